The van der Waals surface area contributed by atoms with Gasteiger partial charge in [-0.25, -0.2) is 4.79 Å². The monoisotopic (exact) mass is 478 g/mol. The summed E-state index contributed by atoms with van der Waals surface area (Å²) in [5, 5.41) is 12.0. The fraction of sp³-hybridized carbons (Fsp3) is 0.464. The average Bonchev–Trinajstić information content (AvgIpc) is 3.50. The van der Waals surface area contributed by atoms with E-state index in [2.05, 4.69) is 29.6 Å². The Morgan fingerprint density at radius 3 is 2.23 bits per heavy atom. The number of alkyl carbamates (subject to hydrolysis) is 1. The number of nitrogens with zero attached hydrogens (tertiary/aromatic N) is 1. The highest BCUT2D eigenvalue weighted by Gasteiger charge is 2.31. The summed E-state index contributed by atoms with van der Waals surface area (Å²) >= 11 is 0. The molecule has 7 nitrogen and oxygen atoms in total. The standard InChI is InChI=1S/C28H34N2O5/c1-19(27(33)30(17-26(31)32)20-10-2-3-11-20)9-8-16-29-28(34)35-18-25-23-14-6-4-12-21(23)22-13-5-7-15-24(22)25/h4-7,12-15,19-20,25H,2-3,8-11,16-18H2,1H3,(H,29,34)(H,31,32). The van der Waals surface area contributed by atoms with Crippen molar-refractivity contribution in [3.8, 4) is 11.1 Å². The summed E-state index contributed by atoms with van der Waals surface area (Å²) in [5.41, 5.74) is 4.71. The zero-order valence-corrected chi connectivity index (χ0v) is 20.2. The van der Waals surface area contributed by atoms with E-state index in [1.54, 1.807) is 4.90 Å². The van der Waals surface area contributed by atoms with Crippen LogP contribution in [0.2, 0.25) is 0 Å². The molecule has 1 unspecified atom stereocenters. The van der Waals surface area contributed by atoms with E-state index in [4.69, 9.17) is 4.74 Å². The molecule has 2 aromatic carbocycles. The maximum Gasteiger partial charge on any atom is 0.407 e. The summed E-state index contributed by atoms with van der Waals surface area (Å²) in [6, 6.07) is 16.4. The molecule has 0 heterocycles. The van der Waals surface area contributed by atoms with E-state index in [9.17, 15) is 19.5 Å². The molecule has 4 rings (SSSR count). The van der Waals surface area contributed by atoms with Gasteiger partial charge < -0.3 is 20.1 Å². The number of amides is 2. The zero-order chi connectivity index (χ0) is 24.8. The maximum atomic E-state index is 12.9. The van der Waals surface area contributed by atoms with Crippen molar-refractivity contribution in [1.29, 1.82) is 0 Å². The molecule has 0 bridgehead atoms. The lowest BCUT2D eigenvalue weighted by atomic mass is 9.98. The third kappa shape index (κ3) is 5.84. The first kappa shape index (κ1) is 24.8. The van der Waals surface area contributed by atoms with Crippen molar-refractivity contribution in [3.63, 3.8) is 0 Å². The number of rotatable bonds is 10. The topological polar surface area (TPSA) is 95.9 Å². The molecule has 1 saturated carbocycles. The Labute approximate surface area is 206 Å². The number of ether oxygens (including phenoxy) is 1. The molecule has 0 saturated heterocycles. The average molecular weight is 479 g/mol. The molecule has 2 N–H and O–H groups in total. The molecule has 0 radical (unpaired) electrons. The van der Waals surface area contributed by atoms with Gasteiger partial charge in [0.05, 0.1) is 0 Å². The number of fused-ring (bicyclic) bond motifs is 3. The van der Waals surface area contributed by atoms with Crippen LogP contribution in [-0.4, -0.2) is 53.7 Å². The minimum atomic E-state index is -0.977. The van der Waals surface area contributed by atoms with Crippen LogP contribution in [0.15, 0.2) is 48.5 Å². The predicted octanol–water partition coefficient (Wildman–Crippen LogP) is 4.80. The largest absolute Gasteiger partial charge is 0.480 e. The summed E-state index contributed by atoms with van der Waals surface area (Å²) in [6.45, 7) is 2.25. The van der Waals surface area contributed by atoms with Gasteiger partial charge in [0.15, 0.2) is 0 Å². The first-order valence-electron chi connectivity index (χ1n) is 12.6. The summed E-state index contributed by atoms with van der Waals surface area (Å²) in [5.74, 6) is -1.37. The molecule has 2 aromatic rings. The fourth-order valence-corrected chi connectivity index (χ4v) is 5.40. The molecule has 0 spiro atoms. The fourth-order valence-electron chi connectivity index (χ4n) is 5.40. The van der Waals surface area contributed by atoms with Crippen molar-refractivity contribution < 1.29 is 24.2 Å². The van der Waals surface area contributed by atoms with Crippen LogP contribution < -0.4 is 5.32 Å². The van der Waals surface area contributed by atoms with Crippen LogP contribution in [0.3, 0.4) is 0 Å². The van der Waals surface area contributed by atoms with Crippen LogP contribution >= 0.6 is 0 Å². The summed E-state index contributed by atoms with van der Waals surface area (Å²) in [6.07, 6.45) is 4.53. The first-order valence-corrected chi connectivity index (χ1v) is 12.6. The van der Waals surface area contributed by atoms with Crippen molar-refractivity contribution in [3.05, 3.63) is 59.7 Å². The van der Waals surface area contributed by atoms with E-state index in [0.29, 0.717) is 19.4 Å². The van der Waals surface area contributed by atoms with Crippen LogP contribution in [0.5, 0.6) is 0 Å². The van der Waals surface area contributed by atoms with Crippen molar-refractivity contribution in [2.45, 2.75) is 57.4 Å². The number of carboxylic acids is 1. The molecule has 1 atom stereocenters. The van der Waals surface area contributed by atoms with Crippen LogP contribution in [0.25, 0.3) is 11.1 Å². The van der Waals surface area contributed by atoms with Gasteiger partial charge in [-0.3, -0.25) is 9.59 Å². The van der Waals surface area contributed by atoms with E-state index >= 15 is 0 Å². The Morgan fingerprint density at radius 1 is 1.03 bits per heavy atom. The van der Waals surface area contributed by atoms with Crippen LogP contribution in [0.1, 0.15) is 62.5 Å². The Kier molecular flexibility index (Phi) is 8.06. The van der Waals surface area contributed by atoms with E-state index < -0.39 is 12.1 Å². The number of hydrogen-bond donors (Lipinski definition) is 2. The van der Waals surface area contributed by atoms with Crippen LogP contribution in [0, 0.1) is 5.92 Å². The number of nitrogens with one attached hydrogen (secondary N) is 1. The van der Waals surface area contributed by atoms with E-state index in [1.807, 2.05) is 31.2 Å². The minimum Gasteiger partial charge on any atom is -0.480 e. The van der Waals surface area contributed by atoms with Gasteiger partial charge >= 0.3 is 12.1 Å². The van der Waals surface area contributed by atoms with Gasteiger partial charge in [0.1, 0.15) is 13.2 Å². The molecule has 186 valence electrons. The molecular formula is C28H34N2O5. The second-order valence-electron chi connectivity index (χ2n) is 9.59. The molecular weight excluding hydrogens is 444 g/mol. The minimum absolute atomic E-state index is 0.0154. The van der Waals surface area contributed by atoms with E-state index in [-0.39, 0.29) is 36.9 Å². The third-order valence-corrected chi connectivity index (χ3v) is 7.20. The third-order valence-electron chi connectivity index (χ3n) is 7.20. The van der Waals surface area contributed by atoms with Gasteiger partial charge in [-0.2, -0.15) is 0 Å². The summed E-state index contributed by atoms with van der Waals surface area (Å²) in [4.78, 5) is 38.0. The number of carbonyl (C=O) groups excluding carboxylic acids is 2. The Hall–Kier alpha value is -3.35. The van der Waals surface area contributed by atoms with Crippen molar-refractivity contribution in [2.75, 3.05) is 19.7 Å². The molecule has 0 aromatic heterocycles. The summed E-state index contributed by atoms with van der Waals surface area (Å²) in [7, 11) is 0. The maximum absolute atomic E-state index is 12.9. The number of benzene rings is 2. The number of hydrogen-bond acceptors (Lipinski definition) is 4. The highest BCUT2D eigenvalue weighted by atomic mass is 16.5. The molecule has 35 heavy (non-hydrogen) atoms. The summed E-state index contributed by atoms with van der Waals surface area (Å²) < 4.78 is 5.55. The SMILES string of the molecule is CC(CCCNC(=O)OCC1c2ccccc2-c2ccccc21)C(=O)N(CC(=O)O)C1CCCC1. The lowest BCUT2D eigenvalue weighted by Gasteiger charge is -2.30. The van der Waals surface area contributed by atoms with Crippen molar-refractivity contribution in [1.82, 2.24) is 10.2 Å². The molecule has 2 aliphatic rings. The normalized spacial score (nSPS) is 15.8. The Morgan fingerprint density at radius 2 is 1.63 bits per heavy atom. The highest BCUT2D eigenvalue weighted by molar-refractivity contribution is 5.83. The first-order chi connectivity index (χ1) is 17.0. The van der Waals surface area contributed by atoms with Gasteiger partial charge in [-0.05, 0) is 47.9 Å². The van der Waals surface area contributed by atoms with Gasteiger partial charge in [-0.15, -0.1) is 0 Å². The van der Waals surface area contributed by atoms with Crippen LogP contribution in [-0.2, 0) is 14.3 Å². The zero-order valence-electron chi connectivity index (χ0n) is 20.2. The van der Waals surface area contributed by atoms with Crippen LogP contribution in [0.4, 0.5) is 4.79 Å². The molecule has 2 aliphatic carbocycles. The Bertz CT molecular complexity index is 1020. The molecule has 1 fully saturated rings. The second kappa shape index (κ2) is 11.4. The molecule has 0 aliphatic heterocycles. The van der Waals surface area contributed by atoms with Gasteiger partial charge in [0.2, 0.25) is 5.91 Å². The highest BCUT2D eigenvalue weighted by Crippen LogP contribution is 2.44. The predicted molar refractivity (Wildman–Crippen MR) is 133 cm³/mol. The number of aliphatic carboxylic acids is 1. The van der Waals surface area contributed by atoms with E-state index in [1.165, 1.54) is 22.3 Å². The lowest BCUT2D eigenvalue weighted by molar-refractivity contribution is -0.148. The van der Waals surface area contributed by atoms with Gasteiger partial charge in [-0.1, -0.05) is 68.3 Å². The van der Waals surface area contributed by atoms with Gasteiger partial charge in [0.25, 0.3) is 0 Å². The second-order valence-corrected chi connectivity index (χ2v) is 9.59. The molecule has 2 amide bonds. The van der Waals surface area contributed by atoms with Crippen molar-refractivity contribution >= 4 is 18.0 Å². The van der Waals surface area contributed by atoms with Gasteiger partial charge in [0, 0.05) is 24.4 Å². The number of carboxylic acid groups (broad SMARTS) is 1. The molecule has 7 heteroatoms. The quantitative estimate of drug-likeness (QED) is 0.479. The van der Waals surface area contributed by atoms with E-state index in [0.717, 1.165) is 25.7 Å². The lowest BCUT2D eigenvalue weighted by Crippen LogP contribution is -2.44. The smallest absolute Gasteiger partial charge is 0.407 e. The van der Waals surface area contributed by atoms with Crippen molar-refractivity contribution in [2.24, 2.45) is 5.92 Å². The Balaban J connectivity index is 1.22. The number of carbonyl (C=O) groups is 3.